The molecule has 2 aromatic heterocycles. The number of fused-ring (bicyclic) bond motifs is 1. The molecule has 2 heterocycles. The summed E-state index contributed by atoms with van der Waals surface area (Å²) in [6.45, 7) is 0. The molecule has 0 unspecified atom stereocenters. The van der Waals surface area contributed by atoms with Crippen LogP contribution in [-0.2, 0) is 14.8 Å². The fourth-order valence-electron chi connectivity index (χ4n) is 2.30. The number of pyridine rings is 1. The first-order valence-corrected chi connectivity index (χ1v) is 11.5. The normalized spacial score (nSPS) is 11.9. The van der Waals surface area contributed by atoms with Crippen molar-refractivity contribution in [3.63, 3.8) is 0 Å². The molecule has 13 heteroatoms. The van der Waals surface area contributed by atoms with Crippen molar-refractivity contribution in [2.75, 3.05) is 25.2 Å². The number of rotatable bonds is 6. The summed E-state index contributed by atoms with van der Waals surface area (Å²) in [7, 11) is -0.952. The van der Waals surface area contributed by atoms with E-state index in [0.29, 0.717) is 26.5 Å². The Hall–Kier alpha value is -1.56. The number of carbonyl (C=O) groups excluding carboxylic acids is 1. The van der Waals surface area contributed by atoms with E-state index in [-0.39, 0.29) is 21.6 Å². The zero-order valence-corrected chi connectivity index (χ0v) is 19.0. The maximum atomic E-state index is 12.3. The zero-order valence-electron chi connectivity index (χ0n) is 15.1. The minimum atomic E-state index is -3.75. The molecule has 3 aromatic rings. The lowest BCUT2D eigenvalue weighted by Crippen LogP contribution is -2.23. The van der Waals surface area contributed by atoms with Crippen LogP contribution in [0.15, 0.2) is 40.5 Å². The predicted molar refractivity (Wildman–Crippen MR) is 115 cm³/mol. The summed E-state index contributed by atoms with van der Waals surface area (Å²) in [5.74, 6) is -0.362. The first-order chi connectivity index (χ1) is 13.6. The molecule has 0 bridgehead atoms. The van der Waals surface area contributed by atoms with Gasteiger partial charge in [-0.1, -0.05) is 46.6 Å². The minimum Gasteiger partial charge on any atom is -0.325 e. The maximum Gasteiger partial charge on any atom is 0.244 e. The molecule has 1 amide bonds. The van der Waals surface area contributed by atoms with E-state index in [2.05, 4.69) is 15.5 Å². The lowest BCUT2D eigenvalue weighted by atomic mass is 10.3. The zero-order chi connectivity index (χ0) is 21.3. The first-order valence-electron chi connectivity index (χ1n) is 7.94. The number of anilines is 1. The van der Waals surface area contributed by atoms with Crippen molar-refractivity contribution in [1.82, 2.24) is 18.9 Å². The third-order valence-electron chi connectivity index (χ3n) is 3.70. The second-order valence-corrected chi connectivity index (χ2v) is 10.3. The molecule has 8 nitrogen and oxygen atoms in total. The van der Waals surface area contributed by atoms with Crippen LogP contribution in [0.4, 0.5) is 5.69 Å². The molecule has 0 radical (unpaired) electrons. The van der Waals surface area contributed by atoms with Crippen molar-refractivity contribution in [3.05, 3.63) is 45.5 Å². The molecular formula is C16H14Cl3N5O3S2. The number of sulfonamides is 1. The molecule has 0 spiro atoms. The summed E-state index contributed by atoms with van der Waals surface area (Å²) in [6, 6.07) is 5.79. The number of nitrogens with zero attached hydrogens (tertiary/aromatic N) is 4. The van der Waals surface area contributed by atoms with Gasteiger partial charge in [0.05, 0.1) is 20.8 Å². The highest BCUT2D eigenvalue weighted by Crippen LogP contribution is 2.28. The molecule has 0 saturated carbocycles. The Kier molecular flexibility index (Phi) is 6.61. The summed E-state index contributed by atoms with van der Waals surface area (Å²) in [6.07, 6.45) is 1.60. The number of benzene rings is 1. The highest BCUT2D eigenvalue weighted by molar-refractivity contribution is 7.99. The molecule has 1 aromatic carbocycles. The molecule has 0 aliphatic heterocycles. The van der Waals surface area contributed by atoms with Crippen LogP contribution >= 0.6 is 46.6 Å². The van der Waals surface area contributed by atoms with E-state index < -0.39 is 10.0 Å². The Morgan fingerprint density at radius 3 is 2.59 bits per heavy atom. The number of thioether (sulfide) groups is 1. The van der Waals surface area contributed by atoms with Gasteiger partial charge in [0.2, 0.25) is 15.9 Å². The van der Waals surface area contributed by atoms with Crippen molar-refractivity contribution in [2.24, 2.45) is 0 Å². The largest absolute Gasteiger partial charge is 0.325 e. The van der Waals surface area contributed by atoms with Crippen LogP contribution in [0.1, 0.15) is 0 Å². The van der Waals surface area contributed by atoms with Gasteiger partial charge in [-0.3, -0.25) is 9.20 Å². The second-order valence-electron chi connectivity index (χ2n) is 5.95. The topological polar surface area (TPSA) is 96.7 Å². The van der Waals surface area contributed by atoms with E-state index >= 15 is 0 Å². The van der Waals surface area contributed by atoms with Crippen LogP contribution in [0.2, 0.25) is 15.1 Å². The number of halogens is 3. The number of hydrogen-bond acceptors (Lipinski definition) is 6. The Morgan fingerprint density at radius 2 is 1.90 bits per heavy atom. The highest BCUT2D eigenvalue weighted by atomic mass is 35.5. The van der Waals surface area contributed by atoms with Crippen molar-refractivity contribution in [3.8, 4) is 0 Å². The van der Waals surface area contributed by atoms with E-state index in [1.807, 2.05) is 0 Å². The summed E-state index contributed by atoms with van der Waals surface area (Å²) in [5.41, 5.74) is 0.729. The van der Waals surface area contributed by atoms with Gasteiger partial charge in [-0.15, -0.1) is 10.2 Å². The fourth-order valence-corrected chi connectivity index (χ4v) is 4.92. The predicted octanol–water partition coefficient (Wildman–Crippen LogP) is 3.67. The molecule has 0 fully saturated rings. The van der Waals surface area contributed by atoms with Gasteiger partial charge in [-0.25, -0.2) is 12.7 Å². The van der Waals surface area contributed by atoms with E-state index in [0.717, 1.165) is 16.1 Å². The van der Waals surface area contributed by atoms with Gasteiger partial charge >= 0.3 is 0 Å². The summed E-state index contributed by atoms with van der Waals surface area (Å²) < 4.78 is 27.3. The molecule has 0 aliphatic rings. The number of nitrogens with one attached hydrogen (secondary N) is 1. The van der Waals surface area contributed by atoms with Crippen LogP contribution in [0.5, 0.6) is 0 Å². The van der Waals surface area contributed by atoms with E-state index in [1.54, 1.807) is 16.7 Å². The van der Waals surface area contributed by atoms with Gasteiger partial charge in [0, 0.05) is 26.0 Å². The van der Waals surface area contributed by atoms with Crippen LogP contribution < -0.4 is 5.32 Å². The van der Waals surface area contributed by atoms with E-state index in [4.69, 9.17) is 34.8 Å². The monoisotopic (exact) mass is 493 g/mol. The van der Waals surface area contributed by atoms with Crippen LogP contribution in [0.25, 0.3) is 5.65 Å². The molecule has 154 valence electrons. The molecule has 1 N–H and O–H groups in total. The average molecular weight is 495 g/mol. The van der Waals surface area contributed by atoms with Crippen LogP contribution in [-0.4, -0.2) is 53.1 Å². The van der Waals surface area contributed by atoms with Gasteiger partial charge < -0.3 is 5.32 Å². The molecular weight excluding hydrogens is 481 g/mol. The molecule has 0 atom stereocenters. The number of amides is 1. The molecule has 29 heavy (non-hydrogen) atoms. The third kappa shape index (κ3) is 4.79. The highest BCUT2D eigenvalue weighted by Gasteiger charge is 2.21. The summed E-state index contributed by atoms with van der Waals surface area (Å²) in [4.78, 5) is 12.2. The van der Waals surface area contributed by atoms with E-state index in [9.17, 15) is 13.2 Å². The average Bonchev–Trinajstić information content (AvgIpc) is 3.04. The van der Waals surface area contributed by atoms with Crippen molar-refractivity contribution < 1.29 is 13.2 Å². The van der Waals surface area contributed by atoms with Gasteiger partial charge in [0.25, 0.3) is 0 Å². The molecule has 3 rings (SSSR count). The Balaban J connectivity index is 1.74. The van der Waals surface area contributed by atoms with Gasteiger partial charge in [0.15, 0.2) is 10.8 Å². The fraction of sp³-hybridized carbons (Fsp3) is 0.188. The standard InChI is InChI=1S/C16H14Cl3N5O3S2/c1-23(2)29(26,27)13-6-10(3-4-11(13)18)20-14(25)8-28-16-22-21-15-12(19)5-9(17)7-24(15)16/h3-7H,8H2,1-2H3,(H,20,25). The lowest BCUT2D eigenvalue weighted by molar-refractivity contribution is -0.113. The van der Waals surface area contributed by atoms with Crippen molar-refractivity contribution >= 4 is 73.8 Å². The molecule has 0 aliphatic carbocycles. The first kappa shape index (κ1) is 22.1. The Morgan fingerprint density at radius 1 is 1.17 bits per heavy atom. The smallest absolute Gasteiger partial charge is 0.244 e. The lowest BCUT2D eigenvalue weighted by Gasteiger charge is -2.14. The summed E-state index contributed by atoms with van der Waals surface area (Å²) >= 11 is 19.2. The number of hydrogen-bond donors (Lipinski definition) is 1. The summed E-state index contributed by atoms with van der Waals surface area (Å²) in [5, 5.41) is 11.9. The Bertz CT molecular complexity index is 1200. The van der Waals surface area contributed by atoms with Gasteiger partial charge in [0.1, 0.15) is 4.90 Å². The van der Waals surface area contributed by atoms with Gasteiger partial charge in [-0.05, 0) is 24.3 Å². The second kappa shape index (κ2) is 8.66. The van der Waals surface area contributed by atoms with Gasteiger partial charge in [-0.2, -0.15) is 0 Å². The van der Waals surface area contributed by atoms with Crippen LogP contribution in [0.3, 0.4) is 0 Å². The third-order valence-corrected chi connectivity index (χ3v) is 7.43. The number of aromatic nitrogens is 3. The van der Waals surface area contributed by atoms with Crippen molar-refractivity contribution in [2.45, 2.75) is 10.1 Å². The molecule has 0 saturated heterocycles. The number of carbonyl (C=O) groups is 1. The quantitative estimate of drug-likeness (QED) is 0.525. The SMILES string of the molecule is CN(C)S(=O)(=O)c1cc(NC(=O)CSc2nnc3c(Cl)cc(Cl)cn23)ccc1Cl. The van der Waals surface area contributed by atoms with E-state index in [1.165, 1.54) is 32.3 Å². The maximum absolute atomic E-state index is 12.3. The Labute approximate surface area is 186 Å². The van der Waals surface area contributed by atoms with Crippen molar-refractivity contribution in [1.29, 1.82) is 0 Å². The van der Waals surface area contributed by atoms with Crippen LogP contribution in [0, 0.1) is 0 Å². The minimum absolute atomic E-state index is 0.00329.